The van der Waals surface area contributed by atoms with Crippen molar-refractivity contribution in [2.45, 2.75) is 6.04 Å². The lowest BCUT2D eigenvalue weighted by Crippen LogP contribution is -2.36. The number of hydrogen-bond acceptors (Lipinski definition) is 4. The number of halogens is 1. The van der Waals surface area contributed by atoms with Crippen molar-refractivity contribution in [2.24, 2.45) is 0 Å². The Morgan fingerprint density at radius 1 is 1.37 bits per heavy atom. The molecular formula is C12H13BrN2O3S. The Morgan fingerprint density at radius 3 is 2.74 bits per heavy atom. The first-order valence-electron chi connectivity index (χ1n) is 5.65. The Balaban J connectivity index is 1.83. The van der Waals surface area contributed by atoms with E-state index in [1.165, 1.54) is 5.41 Å². The van der Waals surface area contributed by atoms with Gasteiger partial charge in [-0.2, -0.15) is 0 Å². The molecule has 7 heteroatoms. The molecule has 0 saturated carbocycles. The standard InChI is InChI=1S/C12H13BrN2O3S/c13-10-3-1-2-4-11(10)15-12(16)7-14-9-5-6-19(17,18)8-9/h1-6,9,14H,7-8H2,(H,15,16). The molecular weight excluding hydrogens is 332 g/mol. The summed E-state index contributed by atoms with van der Waals surface area (Å²) >= 11 is 3.33. The van der Waals surface area contributed by atoms with Crippen molar-refractivity contribution in [1.29, 1.82) is 0 Å². The largest absolute Gasteiger partial charge is 0.324 e. The molecule has 0 fully saturated rings. The Bertz CT molecular complexity index is 613. The zero-order valence-corrected chi connectivity index (χ0v) is 12.4. The van der Waals surface area contributed by atoms with Crippen LogP contribution in [-0.4, -0.2) is 32.7 Å². The van der Waals surface area contributed by atoms with Gasteiger partial charge in [-0.05, 0) is 28.1 Å². The zero-order chi connectivity index (χ0) is 13.9. The Kier molecular flexibility index (Phi) is 4.38. The summed E-state index contributed by atoms with van der Waals surface area (Å²) in [6.07, 6.45) is 1.56. The minimum Gasteiger partial charge on any atom is -0.324 e. The molecule has 1 aliphatic rings. The van der Waals surface area contributed by atoms with Crippen molar-refractivity contribution in [2.75, 3.05) is 17.6 Å². The first-order chi connectivity index (χ1) is 8.96. The second-order valence-electron chi connectivity index (χ2n) is 4.17. The SMILES string of the molecule is O=C(CNC1C=CS(=O)(=O)C1)Nc1ccccc1Br. The molecule has 2 N–H and O–H groups in total. The number of rotatable bonds is 4. The van der Waals surface area contributed by atoms with E-state index in [-0.39, 0.29) is 24.2 Å². The van der Waals surface area contributed by atoms with Gasteiger partial charge in [0.2, 0.25) is 5.91 Å². The van der Waals surface area contributed by atoms with Gasteiger partial charge in [0.15, 0.2) is 9.84 Å². The molecule has 1 heterocycles. The minimum atomic E-state index is -3.09. The van der Waals surface area contributed by atoms with Crippen molar-refractivity contribution in [3.63, 3.8) is 0 Å². The normalized spacial score (nSPS) is 20.4. The summed E-state index contributed by atoms with van der Waals surface area (Å²) in [6.45, 7) is 0.0614. The van der Waals surface area contributed by atoms with Crippen LogP contribution in [0.15, 0.2) is 40.2 Å². The van der Waals surface area contributed by atoms with Crippen LogP contribution >= 0.6 is 15.9 Å². The first-order valence-corrected chi connectivity index (χ1v) is 8.16. The molecule has 0 radical (unpaired) electrons. The van der Waals surface area contributed by atoms with Crippen LogP contribution in [-0.2, 0) is 14.6 Å². The van der Waals surface area contributed by atoms with E-state index in [0.717, 1.165) is 4.47 Å². The van der Waals surface area contributed by atoms with Gasteiger partial charge in [-0.25, -0.2) is 8.42 Å². The Hall–Kier alpha value is -1.18. The molecule has 1 atom stereocenters. The van der Waals surface area contributed by atoms with Crippen LogP contribution in [0.25, 0.3) is 0 Å². The maximum absolute atomic E-state index is 11.7. The summed E-state index contributed by atoms with van der Waals surface area (Å²) < 4.78 is 23.2. The Labute approximate surface area is 120 Å². The number of nitrogens with one attached hydrogen (secondary N) is 2. The van der Waals surface area contributed by atoms with Crippen molar-refractivity contribution < 1.29 is 13.2 Å². The highest BCUT2D eigenvalue weighted by molar-refractivity contribution is 9.10. The van der Waals surface area contributed by atoms with Crippen LogP contribution in [0.3, 0.4) is 0 Å². The smallest absolute Gasteiger partial charge is 0.238 e. The summed E-state index contributed by atoms with van der Waals surface area (Å²) in [7, 11) is -3.09. The van der Waals surface area contributed by atoms with Crippen LogP contribution < -0.4 is 10.6 Å². The maximum Gasteiger partial charge on any atom is 0.238 e. The maximum atomic E-state index is 11.7. The van der Waals surface area contributed by atoms with Crippen LogP contribution in [0.4, 0.5) is 5.69 Å². The number of hydrogen-bond donors (Lipinski definition) is 2. The zero-order valence-electron chi connectivity index (χ0n) is 9.97. The minimum absolute atomic E-state index is 0.00924. The van der Waals surface area contributed by atoms with E-state index in [9.17, 15) is 13.2 Å². The van der Waals surface area contributed by atoms with Crippen LogP contribution in [0, 0.1) is 0 Å². The number of carbonyl (C=O) groups is 1. The van der Waals surface area contributed by atoms with Gasteiger partial charge in [0.1, 0.15) is 0 Å². The average molecular weight is 345 g/mol. The third kappa shape index (κ3) is 4.15. The number of anilines is 1. The Morgan fingerprint density at radius 2 is 2.11 bits per heavy atom. The van der Waals surface area contributed by atoms with E-state index < -0.39 is 9.84 Å². The van der Waals surface area contributed by atoms with Crippen LogP contribution in [0.2, 0.25) is 0 Å². The van der Waals surface area contributed by atoms with E-state index in [2.05, 4.69) is 26.6 Å². The highest BCUT2D eigenvalue weighted by atomic mass is 79.9. The number of amides is 1. The molecule has 2 rings (SSSR count). The first kappa shape index (κ1) is 14.2. The molecule has 1 unspecified atom stereocenters. The lowest BCUT2D eigenvalue weighted by Gasteiger charge is -2.11. The van der Waals surface area contributed by atoms with Gasteiger partial charge in [0.05, 0.1) is 18.0 Å². The van der Waals surface area contributed by atoms with E-state index in [4.69, 9.17) is 0 Å². The lowest BCUT2D eigenvalue weighted by atomic mass is 10.3. The summed E-state index contributed by atoms with van der Waals surface area (Å²) in [5, 5.41) is 6.79. The van der Waals surface area contributed by atoms with Gasteiger partial charge in [0.25, 0.3) is 0 Å². The van der Waals surface area contributed by atoms with Crippen LogP contribution in [0.1, 0.15) is 0 Å². The molecule has 19 heavy (non-hydrogen) atoms. The molecule has 5 nitrogen and oxygen atoms in total. The predicted molar refractivity (Wildman–Crippen MR) is 77.5 cm³/mol. The molecule has 102 valence electrons. The fourth-order valence-corrected chi connectivity index (χ4v) is 3.34. The summed E-state index contributed by atoms with van der Waals surface area (Å²) in [4.78, 5) is 11.7. The fraction of sp³-hybridized carbons (Fsp3) is 0.250. The van der Waals surface area contributed by atoms with Gasteiger partial charge < -0.3 is 10.6 Å². The topological polar surface area (TPSA) is 75.3 Å². The molecule has 0 saturated heterocycles. The fourth-order valence-electron chi connectivity index (χ4n) is 1.68. The molecule has 0 aromatic heterocycles. The highest BCUT2D eigenvalue weighted by Gasteiger charge is 2.21. The van der Waals surface area contributed by atoms with Crippen molar-refractivity contribution >= 4 is 37.4 Å². The van der Waals surface area contributed by atoms with Crippen molar-refractivity contribution in [1.82, 2.24) is 5.32 Å². The molecule has 0 aliphatic carbocycles. The number of sulfone groups is 1. The van der Waals surface area contributed by atoms with E-state index in [0.29, 0.717) is 5.69 Å². The van der Waals surface area contributed by atoms with Gasteiger partial charge in [-0.15, -0.1) is 0 Å². The number of benzene rings is 1. The van der Waals surface area contributed by atoms with Gasteiger partial charge >= 0.3 is 0 Å². The number of para-hydroxylation sites is 1. The van der Waals surface area contributed by atoms with E-state index >= 15 is 0 Å². The summed E-state index contributed by atoms with van der Waals surface area (Å²) in [5.74, 6) is -0.209. The van der Waals surface area contributed by atoms with Crippen molar-refractivity contribution in [3.05, 3.63) is 40.2 Å². The van der Waals surface area contributed by atoms with Gasteiger partial charge in [-0.1, -0.05) is 18.2 Å². The summed E-state index contributed by atoms with van der Waals surface area (Å²) in [6, 6.07) is 6.98. The highest BCUT2D eigenvalue weighted by Crippen LogP contribution is 2.20. The van der Waals surface area contributed by atoms with E-state index in [1.54, 1.807) is 12.1 Å². The third-order valence-electron chi connectivity index (χ3n) is 2.60. The van der Waals surface area contributed by atoms with Crippen LogP contribution in [0.5, 0.6) is 0 Å². The molecule has 0 bridgehead atoms. The predicted octanol–water partition coefficient (Wildman–Crippen LogP) is 1.29. The quantitative estimate of drug-likeness (QED) is 0.862. The average Bonchev–Trinajstić information content (AvgIpc) is 2.69. The second kappa shape index (κ2) is 5.85. The molecule has 1 amide bonds. The molecule has 1 aromatic carbocycles. The van der Waals surface area contributed by atoms with E-state index in [1.807, 2.05) is 18.2 Å². The van der Waals surface area contributed by atoms with Crippen molar-refractivity contribution in [3.8, 4) is 0 Å². The molecule has 0 spiro atoms. The molecule has 1 aliphatic heterocycles. The lowest BCUT2D eigenvalue weighted by molar-refractivity contribution is -0.115. The van der Waals surface area contributed by atoms with Gasteiger partial charge in [-0.3, -0.25) is 4.79 Å². The monoisotopic (exact) mass is 344 g/mol. The van der Waals surface area contributed by atoms with Gasteiger partial charge in [0, 0.05) is 15.9 Å². The second-order valence-corrected chi connectivity index (χ2v) is 6.96. The summed E-state index contributed by atoms with van der Waals surface area (Å²) in [5.41, 5.74) is 0.684. The molecule has 1 aromatic rings. The number of carbonyl (C=O) groups excluding carboxylic acids is 1. The third-order valence-corrected chi connectivity index (χ3v) is 4.69.